The Morgan fingerprint density at radius 3 is 2.50 bits per heavy atom. The van der Waals surface area contributed by atoms with Crippen LogP contribution in [0.2, 0.25) is 0 Å². The van der Waals surface area contributed by atoms with Crippen LogP contribution in [-0.2, 0) is 27.3 Å². The standard InChI is InChI=1S/C19H20N2O6S/c1-4-26-19(23)17-13(12(9-20)18(21)28-17)10-27-16(22)8-11-5-6-14(24-2)15(7-11)25-3/h5-7H,4,8,10,21H2,1-3H3. The third-order valence-corrected chi connectivity index (χ3v) is 4.82. The average molecular weight is 404 g/mol. The lowest BCUT2D eigenvalue weighted by atomic mass is 10.1. The summed E-state index contributed by atoms with van der Waals surface area (Å²) in [4.78, 5) is 24.5. The normalized spacial score (nSPS) is 10.1. The van der Waals surface area contributed by atoms with Gasteiger partial charge in [-0.2, -0.15) is 5.26 Å². The van der Waals surface area contributed by atoms with Crippen LogP contribution in [0.4, 0.5) is 5.00 Å². The molecule has 0 radical (unpaired) electrons. The van der Waals surface area contributed by atoms with E-state index in [4.69, 9.17) is 24.7 Å². The lowest BCUT2D eigenvalue weighted by Crippen LogP contribution is -2.11. The average Bonchev–Trinajstić information content (AvgIpc) is 3.01. The zero-order chi connectivity index (χ0) is 20.7. The summed E-state index contributed by atoms with van der Waals surface area (Å²) >= 11 is 0.937. The lowest BCUT2D eigenvalue weighted by Gasteiger charge is -2.10. The van der Waals surface area contributed by atoms with Crippen LogP contribution >= 0.6 is 11.3 Å². The van der Waals surface area contributed by atoms with Crippen molar-refractivity contribution in [2.75, 3.05) is 26.6 Å². The molecule has 28 heavy (non-hydrogen) atoms. The molecule has 0 aliphatic rings. The third-order valence-electron chi connectivity index (χ3n) is 3.78. The van der Waals surface area contributed by atoms with E-state index in [1.165, 1.54) is 14.2 Å². The monoisotopic (exact) mass is 404 g/mol. The second-order valence-corrected chi connectivity index (χ2v) is 6.56. The zero-order valence-corrected chi connectivity index (χ0v) is 16.6. The van der Waals surface area contributed by atoms with Gasteiger partial charge in [-0.05, 0) is 24.6 Å². The van der Waals surface area contributed by atoms with Crippen LogP contribution in [0.15, 0.2) is 18.2 Å². The number of ether oxygens (including phenoxy) is 4. The van der Waals surface area contributed by atoms with Crippen LogP contribution in [0, 0.1) is 11.3 Å². The molecule has 2 rings (SSSR count). The first-order valence-electron chi connectivity index (χ1n) is 8.29. The molecule has 1 heterocycles. The summed E-state index contributed by atoms with van der Waals surface area (Å²) in [5.74, 6) is -0.0943. The minimum atomic E-state index is -0.605. The van der Waals surface area contributed by atoms with Gasteiger partial charge in [0.25, 0.3) is 0 Å². The van der Waals surface area contributed by atoms with Gasteiger partial charge >= 0.3 is 11.9 Å². The Morgan fingerprint density at radius 2 is 1.89 bits per heavy atom. The number of rotatable bonds is 8. The molecule has 0 saturated heterocycles. The van der Waals surface area contributed by atoms with E-state index in [1.807, 2.05) is 6.07 Å². The van der Waals surface area contributed by atoms with Gasteiger partial charge in [-0.15, -0.1) is 11.3 Å². The van der Waals surface area contributed by atoms with Gasteiger partial charge in [-0.25, -0.2) is 4.79 Å². The van der Waals surface area contributed by atoms with Gasteiger partial charge in [-0.3, -0.25) is 4.79 Å². The Labute approximate surface area is 166 Å². The number of carbonyl (C=O) groups excluding carboxylic acids is 2. The highest BCUT2D eigenvalue weighted by molar-refractivity contribution is 7.18. The van der Waals surface area contributed by atoms with E-state index in [0.717, 1.165) is 11.3 Å². The van der Waals surface area contributed by atoms with Crippen molar-refractivity contribution in [2.45, 2.75) is 20.0 Å². The summed E-state index contributed by atoms with van der Waals surface area (Å²) in [6.07, 6.45) is -0.0173. The topological polar surface area (TPSA) is 121 Å². The Kier molecular flexibility index (Phi) is 7.23. The highest BCUT2D eigenvalue weighted by Gasteiger charge is 2.24. The number of esters is 2. The van der Waals surface area contributed by atoms with Gasteiger partial charge in [0.2, 0.25) is 0 Å². The molecule has 0 fully saturated rings. The number of thiophene rings is 1. The molecule has 8 nitrogen and oxygen atoms in total. The van der Waals surface area contributed by atoms with Crippen molar-refractivity contribution in [1.82, 2.24) is 0 Å². The predicted octanol–water partition coefficient (Wildman–Crippen LogP) is 2.68. The summed E-state index contributed by atoms with van der Waals surface area (Å²) < 4.78 is 20.6. The van der Waals surface area contributed by atoms with E-state index in [9.17, 15) is 14.9 Å². The summed E-state index contributed by atoms with van der Waals surface area (Å²) in [5, 5.41) is 9.47. The Hall–Kier alpha value is -3.25. The maximum Gasteiger partial charge on any atom is 0.348 e. The van der Waals surface area contributed by atoms with Crippen molar-refractivity contribution in [3.05, 3.63) is 39.8 Å². The highest BCUT2D eigenvalue weighted by atomic mass is 32.1. The van der Waals surface area contributed by atoms with Gasteiger partial charge in [0, 0.05) is 5.56 Å². The molecule has 0 bridgehead atoms. The first kappa shape index (κ1) is 21.1. The lowest BCUT2D eigenvalue weighted by molar-refractivity contribution is -0.144. The summed E-state index contributed by atoms with van der Waals surface area (Å²) in [6, 6.07) is 7.02. The van der Waals surface area contributed by atoms with E-state index in [2.05, 4.69) is 0 Å². The van der Waals surface area contributed by atoms with Crippen LogP contribution in [0.25, 0.3) is 0 Å². The molecule has 0 atom stereocenters. The molecule has 148 valence electrons. The van der Waals surface area contributed by atoms with Crippen molar-refractivity contribution in [3.63, 3.8) is 0 Å². The minimum Gasteiger partial charge on any atom is -0.493 e. The van der Waals surface area contributed by atoms with Gasteiger partial charge in [0.05, 0.1) is 32.8 Å². The summed E-state index contributed by atoms with van der Waals surface area (Å²) in [6.45, 7) is 1.59. The fourth-order valence-corrected chi connectivity index (χ4v) is 3.38. The fourth-order valence-electron chi connectivity index (χ4n) is 2.47. The summed E-state index contributed by atoms with van der Waals surface area (Å²) in [7, 11) is 3.02. The molecule has 2 aromatic rings. The van der Waals surface area contributed by atoms with Crippen LogP contribution in [0.5, 0.6) is 11.5 Å². The van der Waals surface area contributed by atoms with Crippen LogP contribution in [-0.4, -0.2) is 32.8 Å². The van der Waals surface area contributed by atoms with E-state index in [1.54, 1.807) is 25.1 Å². The van der Waals surface area contributed by atoms with E-state index in [-0.39, 0.29) is 40.6 Å². The molecular weight excluding hydrogens is 384 g/mol. The maximum absolute atomic E-state index is 12.2. The first-order chi connectivity index (χ1) is 13.4. The maximum atomic E-state index is 12.2. The number of hydrogen-bond acceptors (Lipinski definition) is 9. The second kappa shape index (κ2) is 9.62. The molecule has 1 aromatic heterocycles. The first-order valence-corrected chi connectivity index (χ1v) is 9.11. The van der Waals surface area contributed by atoms with Crippen LogP contribution in [0.3, 0.4) is 0 Å². The molecule has 0 aliphatic carbocycles. The van der Waals surface area contributed by atoms with E-state index in [0.29, 0.717) is 17.1 Å². The number of methoxy groups -OCH3 is 2. The molecule has 1 aromatic carbocycles. The number of nitrogens with two attached hydrogens (primary N) is 1. The molecule has 0 unspecified atom stereocenters. The van der Waals surface area contributed by atoms with Gasteiger partial charge in [-0.1, -0.05) is 6.07 Å². The molecule has 2 N–H and O–H groups in total. The fraction of sp³-hybridized carbons (Fsp3) is 0.316. The van der Waals surface area contributed by atoms with Crippen LogP contribution < -0.4 is 15.2 Å². The van der Waals surface area contributed by atoms with Gasteiger partial charge < -0.3 is 24.7 Å². The highest BCUT2D eigenvalue weighted by Crippen LogP contribution is 2.32. The number of carbonyl (C=O) groups is 2. The molecule has 0 spiro atoms. The number of anilines is 1. The molecule has 0 amide bonds. The van der Waals surface area contributed by atoms with Crippen molar-refractivity contribution < 1.29 is 28.5 Å². The van der Waals surface area contributed by atoms with E-state index < -0.39 is 11.9 Å². The predicted molar refractivity (Wildman–Crippen MR) is 102 cm³/mol. The van der Waals surface area contributed by atoms with Crippen molar-refractivity contribution in [3.8, 4) is 17.6 Å². The Morgan fingerprint density at radius 1 is 1.18 bits per heavy atom. The number of benzene rings is 1. The minimum absolute atomic E-state index is 0.0173. The molecule has 9 heteroatoms. The number of nitriles is 1. The zero-order valence-electron chi connectivity index (χ0n) is 15.7. The van der Waals surface area contributed by atoms with E-state index >= 15 is 0 Å². The molecule has 0 aliphatic heterocycles. The van der Waals surface area contributed by atoms with Gasteiger partial charge in [0.15, 0.2) is 11.5 Å². The molecule has 0 saturated carbocycles. The SMILES string of the molecule is CCOC(=O)c1sc(N)c(C#N)c1COC(=O)Cc1ccc(OC)c(OC)c1. The Balaban J connectivity index is 2.13. The second-order valence-electron chi connectivity index (χ2n) is 5.51. The smallest absolute Gasteiger partial charge is 0.348 e. The molecular formula is C19H20N2O6S. The number of nitrogen functional groups attached to an aromatic ring is 1. The van der Waals surface area contributed by atoms with Crippen molar-refractivity contribution >= 4 is 28.3 Å². The largest absolute Gasteiger partial charge is 0.493 e. The number of nitrogens with zero attached hydrogens (tertiary/aromatic N) is 1. The van der Waals surface area contributed by atoms with Crippen molar-refractivity contribution in [2.24, 2.45) is 0 Å². The quantitative estimate of drug-likeness (QED) is 0.667. The summed E-state index contributed by atoms with van der Waals surface area (Å²) in [5.41, 5.74) is 6.83. The van der Waals surface area contributed by atoms with Crippen molar-refractivity contribution in [1.29, 1.82) is 5.26 Å². The number of hydrogen-bond donors (Lipinski definition) is 1. The van der Waals surface area contributed by atoms with Crippen LogP contribution in [0.1, 0.15) is 33.3 Å². The third kappa shape index (κ3) is 4.72. The van der Waals surface area contributed by atoms with Gasteiger partial charge in [0.1, 0.15) is 22.6 Å². The Bertz CT molecular complexity index is 916.